The van der Waals surface area contributed by atoms with Crippen LogP contribution < -0.4 is 5.32 Å². The number of para-hydroxylation sites is 3. The molecule has 6 aromatic carbocycles. The molecule has 0 radical (unpaired) electrons. The molecule has 1 N–H and O–H groups in total. The molecule has 10 rings (SSSR count). The van der Waals surface area contributed by atoms with Gasteiger partial charge in [-0.15, -0.1) is 0 Å². The second-order valence-corrected chi connectivity index (χ2v) is 12.0. The van der Waals surface area contributed by atoms with Crippen LogP contribution >= 0.6 is 0 Å². The van der Waals surface area contributed by atoms with Crippen molar-refractivity contribution in [2.45, 2.75) is 6.04 Å². The van der Waals surface area contributed by atoms with Crippen molar-refractivity contribution in [2.24, 2.45) is 4.99 Å². The predicted octanol–water partition coefficient (Wildman–Crippen LogP) is 10.1. The zero-order valence-electron chi connectivity index (χ0n) is 24.8. The van der Waals surface area contributed by atoms with E-state index in [9.17, 15) is 0 Å². The van der Waals surface area contributed by atoms with Gasteiger partial charge in [-0.1, -0.05) is 103 Å². The van der Waals surface area contributed by atoms with E-state index >= 15 is 0 Å². The Balaban J connectivity index is 1.12. The quantitative estimate of drug-likeness (QED) is 0.223. The lowest BCUT2D eigenvalue weighted by molar-refractivity contribution is 0.667. The van der Waals surface area contributed by atoms with Crippen LogP contribution in [-0.4, -0.2) is 16.4 Å². The first-order valence-electron chi connectivity index (χ1n) is 15.7. The van der Waals surface area contributed by atoms with Gasteiger partial charge in [-0.2, -0.15) is 0 Å². The van der Waals surface area contributed by atoms with Gasteiger partial charge >= 0.3 is 0 Å². The zero-order valence-corrected chi connectivity index (χ0v) is 24.8. The first-order chi connectivity index (χ1) is 22.8. The minimum absolute atomic E-state index is 0.0115. The van der Waals surface area contributed by atoms with Gasteiger partial charge in [0.15, 0.2) is 0 Å². The Morgan fingerprint density at radius 1 is 0.630 bits per heavy atom. The van der Waals surface area contributed by atoms with Crippen molar-refractivity contribution >= 4 is 66.0 Å². The third-order valence-electron chi connectivity index (χ3n) is 9.44. The Labute approximate surface area is 264 Å². The van der Waals surface area contributed by atoms with Crippen LogP contribution in [0.1, 0.15) is 11.1 Å². The first-order valence-corrected chi connectivity index (χ1v) is 15.7. The van der Waals surface area contributed by atoms with Gasteiger partial charge in [-0.3, -0.25) is 0 Å². The van der Waals surface area contributed by atoms with Crippen molar-refractivity contribution in [3.05, 3.63) is 168 Å². The van der Waals surface area contributed by atoms with Crippen molar-refractivity contribution < 1.29 is 4.42 Å². The highest BCUT2D eigenvalue weighted by Crippen LogP contribution is 2.39. The molecule has 1 aliphatic carbocycles. The van der Waals surface area contributed by atoms with E-state index in [0.717, 1.165) is 55.9 Å². The van der Waals surface area contributed by atoms with Crippen LogP contribution in [0.4, 0.5) is 0 Å². The number of benzene rings is 6. The normalized spacial score (nSPS) is 16.1. The molecule has 0 amide bonds. The van der Waals surface area contributed by atoms with Crippen molar-refractivity contribution in [1.82, 2.24) is 9.88 Å². The van der Waals surface area contributed by atoms with Gasteiger partial charge in [0.25, 0.3) is 0 Å². The molecule has 8 aromatic rings. The Morgan fingerprint density at radius 3 is 2.33 bits per heavy atom. The van der Waals surface area contributed by atoms with Crippen LogP contribution in [0, 0.1) is 0 Å². The smallest absolute Gasteiger partial charge is 0.144 e. The zero-order chi connectivity index (χ0) is 30.2. The molecule has 4 nitrogen and oxygen atoms in total. The van der Waals surface area contributed by atoms with Crippen molar-refractivity contribution in [1.29, 1.82) is 0 Å². The van der Waals surface area contributed by atoms with Crippen LogP contribution in [0.25, 0.3) is 65.9 Å². The lowest BCUT2D eigenvalue weighted by Crippen LogP contribution is -2.39. The summed E-state index contributed by atoms with van der Waals surface area (Å²) in [5, 5.41) is 11.0. The molecule has 0 saturated heterocycles. The minimum Gasteiger partial charge on any atom is -0.455 e. The highest BCUT2D eigenvalue weighted by Gasteiger charge is 2.26. The highest BCUT2D eigenvalue weighted by atomic mass is 16.3. The summed E-state index contributed by atoms with van der Waals surface area (Å²) in [6.07, 6.45) is 8.53. The summed E-state index contributed by atoms with van der Waals surface area (Å²) < 4.78 is 8.82. The largest absolute Gasteiger partial charge is 0.455 e. The van der Waals surface area contributed by atoms with E-state index in [1.54, 1.807) is 0 Å². The third-order valence-corrected chi connectivity index (χ3v) is 9.44. The van der Waals surface area contributed by atoms with Crippen LogP contribution in [0.2, 0.25) is 0 Å². The van der Waals surface area contributed by atoms with E-state index in [1.807, 2.05) is 12.1 Å². The number of nitrogens with one attached hydrogen (secondary N) is 1. The monoisotopic (exact) mass is 589 g/mol. The number of amidine groups is 1. The number of nitrogens with zero attached hydrogens (tertiary/aromatic N) is 2. The maximum absolute atomic E-state index is 6.44. The van der Waals surface area contributed by atoms with Crippen molar-refractivity contribution in [3.8, 4) is 5.69 Å². The summed E-state index contributed by atoms with van der Waals surface area (Å²) in [5.41, 5.74) is 9.37. The number of rotatable bonds is 3. The predicted molar refractivity (Wildman–Crippen MR) is 191 cm³/mol. The number of hydrogen-bond acceptors (Lipinski definition) is 3. The van der Waals surface area contributed by atoms with Gasteiger partial charge in [-0.05, 0) is 59.3 Å². The lowest BCUT2D eigenvalue weighted by Gasteiger charge is -2.28. The van der Waals surface area contributed by atoms with E-state index in [1.165, 1.54) is 32.6 Å². The van der Waals surface area contributed by atoms with Gasteiger partial charge < -0.3 is 14.3 Å². The van der Waals surface area contributed by atoms with Crippen molar-refractivity contribution in [2.75, 3.05) is 0 Å². The fraction of sp³-hybridized carbons (Fsp3) is 0.0238. The van der Waals surface area contributed by atoms with Gasteiger partial charge in [0.1, 0.15) is 17.0 Å². The summed E-state index contributed by atoms with van der Waals surface area (Å²) in [6, 6.07) is 45.2. The minimum atomic E-state index is 0.0115. The summed E-state index contributed by atoms with van der Waals surface area (Å²) in [4.78, 5) is 5.29. The molecular formula is C42H27N3O. The van der Waals surface area contributed by atoms with E-state index in [2.05, 4.69) is 149 Å². The number of aliphatic imine (C=N–C) groups is 1. The Hall–Kier alpha value is -6.13. The van der Waals surface area contributed by atoms with Gasteiger partial charge in [0.2, 0.25) is 0 Å². The molecule has 1 aliphatic heterocycles. The number of aromatic nitrogens is 1. The van der Waals surface area contributed by atoms with Crippen LogP contribution in [0.15, 0.2) is 167 Å². The highest BCUT2D eigenvalue weighted by molar-refractivity contribution is 6.21. The molecule has 0 saturated carbocycles. The number of allylic oxidation sites excluding steroid dienone is 2. The van der Waals surface area contributed by atoms with E-state index in [0.29, 0.717) is 0 Å². The van der Waals surface area contributed by atoms with E-state index in [-0.39, 0.29) is 6.04 Å². The molecule has 216 valence electrons. The molecule has 46 heavy (non-hydrogen) atoms. The summed E-state index contributed by atoms with van der Waals surface area (Å²) in [7, 11) is 0. The maximum atomic E-state index is 6.44. The molecule has 2 aliphatic rings. The molecule has 1 unspecified atom stereocenters. The van der Waals surface area contributed by atoms with E-state index < -0.39 is 0 Å². The molecule has 4 heteroatoms. The van der Waals surface area contributed by atoms with Crippen LogP contribution in [0.3, 0.4) is 0 Å². The molecular weight excluding hydrogens is 562 g/mol. The fourth-order valence-electron chi connectivity index (χ4n) is 7.33. The first kappa shape index (κ1) is 25.2. The topological polar surface area (TPSA) is 42.5 Å². The molecule has 1 atom stereocenters. The number of fused-ring (bicyclic) bond motifs is 9. The molecule has 0 spiro atoms. The average Bonchev–Trinajstić information content (AvgIpc) is 3.67. The standard InChI is InChI=1S/C42H27N3O/c1-2-11-29-26(10-1)22-25-37-39(29)33-14-4-7-18-36(33)45(37)28-23-20-27(21-24-28)42-43-35-17-6-3-13-32(35)40(44-42)34-16-9-15-31-30-12-5-8-19-38(30)46-41(31)34/h1-25,35H,(H,43,44). The van der Waals surface area contributed by atoms with Gasteiger partial charge in [0, 0.05) is 43.9 Å². The Bertz CT molecular complexity index is 2660. The summed E-state index contributed by atoms with van der Waals surface area (Å²) >= 11 is 0. The third kappa shape index (κ3) is 3.64. The Kier molecular flexibility index (Phi) is 5.31. The molecule has 3 heterocycles. The lowest BCUT2D eigenvalue weighted by atomic mass is 9.93. The SMILES string of the molecule is C1=CC2=C(c3cccc4c3oc3ccccc34)N=C(c3ccc(-n4c5ccccc5c5c6ccccc6ccc54)cc3)NC2C=C1. The maximum Gasteiger partial charge on any atom is 0.144 e. The van der Waals surface area contributed by atoms with Crippen LogP contribution in [0.5, 0.6) is 0 Å². The summed E-state index contributed by atoms with van der Waals surface area (Å²) in [6.45, 7) is 0. The van der Waals surface area contributed by atoms with Crippen LogP contribution in [-0.2, 0) is 0 Å². The number of furan rings is 1. The number of hydrogen-bond donors (Lipinski definition) is 1. The second kappa shape index (κ2) is 9.68. The van der Waals surface area contributed by atoms with Gasteiger partial charge in [-0.25, -0.2) is 4.99 Å². The molecule has 0 bridgehead atoms. The van der Waals surface area contributed by atoms with E-state index in [4.69, 9.17) is 9.41 Å². The van der Waals surface area contributed by atoms with Crippen molar-refractivity contribution in [3.63, 3.8) is 0 Å². The Morgan fingerprint density at radius 2 is 1.41 bits per heavy atom. The summed E-state index contributed by atoms with van der Waals surface area (Å²) in [5.74, 6) is 0.844. The molecule has 2 aromatic heterocycles. The molecule has 0 fully saturated rings. The fourth-order valence-corrected chi connectivity index (χ4v) is 7.33. The average molecular weight is 590 g/mol. The second-order valence-electron chi connectivity index (χ2n) is 12.0. The van der Waals surface area contributed by atoms with Gasteiger partial charge in [0.05, 0.1) is 22.8 Å².